The number of rotatable bonds is 2. The van der Waals surface area contributed by atoms with Gasteiger partial charge in [-0.15, -0.1) is 5.10 Å². The maximum Gasteiger partial charge on any atom is 0.269 e. The second-order valence-corrected chi connectivity index (χ2v) is 6.55. The van der Waals surface area contributed by atoms with E-state index in [4.69, 9.17) is 17.3 Å². The minimum Gasteiger partial charge on any atom is -0.397 e. The highest BCUT2D eigenvalue weighted by molar-refractivity contribution is 7.08. The van der Waals surface area contributed by atoms with E-state index in [0.29, 0.717) is 27.0 Å². The summed E-state index contributed by atoms with van der Waals surface area (Å²) in [6.07, 6.45) is 0. The number of amides is 1. The summed E-state index contributed by atoms with van der Waals surface area (Å²) >= 11 is 6.93. The average Bonchev–Trinajstić information content (AvgIpc) is 2.83. The van der Waals surface area contributed by atoms with E-state index in [1.54, 1.807) is 18.2 Å². The van der Waals surface area contributed by atoms with Crippen molar-refractivity contribution in [3.8, 4) is 0 Å². The zero-order chi connectivity index (χ0) is 14.9. The molecular weight excluding hydrogens is 296 g/mol. The van der Waals surface area contributed by atoms with E-state index in [-0.39, 0.29) is 11.3 Å². The average molecular weight is 311 g/mol. The molecule has 0 saturated carbocycles. The summed E-state index contributed by atoms with van der Waals surface area (Å²) in [6, 6.07) is 4.95. The number of carbonyl (C=O) groups excluding carboxylic acids is 1. The number of nitrogens with two attached hydrogens (primary N) is 1. The van der Waals surface area contributed by atoms with Crippen molar-refractivity contribution in [2.75, 3.05) is 11.1 Å². The standard InChI is InChI=1S/C13H15ClN4OS/c1-13(2,3)11-10(20-18-17-11)12(19)16-7-4-5-8(14)9(15)6-7/h4-6H,15H2,1-3H3,(H,16,19). The molecule has 0 atom stereocenters. The van der Waals surface area contributed by atoms with E-state index >= 15 is 0 Å². The molecule has 0 aliphatic carbocycles. The van der Waals surface area contributed by atoms with Crippen LogP contribution in [0.25, 0.3) is 0 Å². The van der Waals surface area contributed by atoms with Crippen LogP contribution in [0.3, 0.4) is 0 Å². The number of hydrogen-bond donors (Lipinski definition) is 2. The van der Waals surface area contributed by atoms with Gasteiger partial charge in [0.05, 0.1) is 16.4 Å². The predicted octanol–water partition coefficient (Wildman–Crippen LogP) is 3.32. The molecule has 5 nitrogen and oxygen atoms in total. The lowest BCUT2D eigenvalue weighted by atomic mass is 9.91. The monoisotopic (exact) mass is 310 g/mol. The van der Waals surface area contributed by atoms with E-state index in [1.165, 1.54) is 0 Å². The SMILES string of the molecule is CC(C)(C)c1nnsc1C(=O)Nc1ccc(Cl)c(N)c1. The first kappa shape index (κ1) is 14.7. The van der Waals surface area contributed by atoms with Gasteiger partial charge in [-0.05, 0) is 29.7 Å². The normalized spacial score (nSPS) is 11.4. The molecule has 3 N–H and O–H groups in total. The Morgan fingerprint density at radius 3 is 2.70 bits per heavy atom. The molecule has 1 aromatic carbocycles. The molecule has 20 heavy (non-hydrogen) atoms. The lowest BCUT2D eigenvalue weighted by molar-refractivity contribution is 0.102. The quantitative estimate of drug-likeness (QED) is 0.834. The Balaban J connectivity index is 2.25. The van der Waals surface area contributed by atoms with Crippen LogP contribution in [0.2, 0.25) is 5.02 Å². The van der Waals surface area contributed by atoms with Crippen molar-refractivity contribution in [3.05, 3.63) is 33.8 Å². The van der Waals surface area contributed by atoms with Crippen molar-refractivity contribution in [1.29, 1.82) is 0 Å². The van der Waals surface area contributed by atoms with Crippen LogP contribution in [0.15, 0.2) is 18.2 Å². The number of carbonyl (C=O) groups is 1. The summed E-state index contributed by atoms with van der Waals surface area (Å²) in [5.74, 6) is -0.244. The number of nitrogen functional groups attached to an aromatic ring is 1. The van der Waals surface area contributed by atoms with Crippen molar-refractivity contribution in [3.63, 3.8) is 0 Å². The molecule has 0 bridgehead atoms. The molecule has 0 fully saturated rings. The van der Waals surface area contributed by atoms with Crippen molar-refractivity contribution in [2.24, 2.45) is 0 Å². The predicted molar refractivity (Wildman–Crippen MR) is 82.4 cm³/mol. The number of aromatic nitrogens is 2. The van der Waals surface area contributed by atoms with Gasteiger partial charge in [0.25, 0.3) is 5.91 Å². The third-order valence-corrected chi connectivity index (χ3v) is 3.73. The first-order valence-corrected chi connectivity index (χ1v) is 7.13. The summed E-state index contributed by atoms with van der Waals surface area (Å²) in [5.41, 5.74) is 7.16. The van der Waals surface area contributed by atoms with Crippen LogP contribution in [0.1, 0.15) is 36.1 Å². The number of nitrogens with zero attached hydrogens (tertiary/aromatic N) is 2. The Hall–Kier alpha value is -1.66. The Bertz CT molecular complexity index is 648. The lowest BCUT2D eigenvalue weighted by Crippen LogP contribution is -2.19. The van der Waals surface area contributed by atoms with Crippen molar-refractivity contribution < 1.29 is 4.79 Å². The summed E-state index contributed by atoms with van der Waals surface area (Å²) in [5, 5.41) is 7.28. The molecule has 0 radical (unpaired) electrons. The maximum atomic E-state index is 12.3. The molecular formula is C13H15ClN4OS. The van der Waals surface area contributed by atoms with Crippen LogP contribution in [-0.2, 0) is 5.41 Å². The van der Waals surface area contributed by atoms with Crippen LogP contribution < -0.4 is 11.1 Å². The summed E-state index contributed by atoms with van der Waals surface area (Å²) in [7, 11) is 0. The van der Waals surface area contributed by atoms with Crippen molar-refractivity contribution >= 4 is 40.4 Å². The number of halogens is 1. The third-order valence-electron chi connectivity index (χ3n) is 2.66. The fourth-order valence-electron chi connectivity index (χ4n) is 1.64. The van der Waals surface area contributed by atoms with Gasteiger partial charge in [-0.3, -0.25) is 4.79 Å². The topological polar surface area (TPSA) is 80.9 Å². The Morgan fingerprint density at radius 2 is 2.10 bits per heavy atom. The minimum absolute atomic E-state index is 0.237. The largest absolute Gasteiger partial charge is 0.397 e. The maximum absolute atomic E-state index is 12.3. The second-order valence-electron chi connectivity index (χ2n) is 5.39. The minimum atomic E-state index is -0.244. The molecule has 7 heteroatoms. The molecule has 0 saturated heterocycles. The highest BCUT2D eigenvalue weighted by atomic mass is 35.5. The van der Waals surface area contributed by atoms with E-state index in [2.05, 4.69) is 14.9 Å². The summed E-state index contributed by atoms with van der Waals surface area (Å²) in [6.45, 7) is 5.96. The van der Waals surface area contributed by atoms with Crippen molar-refractivity contribution in [1.82, 2.24) is 9.59 Å². The molecule has 2 rings (SSSR count). The van der Waals surface area contributed by atoms with Crippen LogP contribution >= 0.6 is 23.1 Å². The van der Waals surface area contributed by atoms with Gasteiger partial charge in [-0.2, -0.15) is 0 Å². The third kappa shape index (κ3) is 3.08. The number of nitrogens with one attached hydrogen (secondary N) is 1. The highest BCUT2D eigenvalue weighted by Gasteiger charge is 2.26. The molecule has 2 aromatic rings. The molecule has 0 spiro atoms. The van der Waals surface area contributed by atoms with Gasteiger partial charge >= 0.3 is 0 Å². The molecule has 1 aromatic heterocycles. The molecule has 0 aliphatic rings. The lowest BCUT2D eigenvalue weighted by Gasteiger charge is -2.16. The molecule has 0 unspecified atom stereocenters. The van der Waals surface area contributed by atoms with Gasteiger partial charge in [-0.1, -0.05) is 36.9 Å². The number of anilines is 2. The van der Waals surface area contributed by atoms with Gasteiger partial charge in [0, 0.05) is 11.1 Å². The van der Waals surface area contributed by atoms with Gasteiger partial charge in [0.1, 0.15) is 4.88 Å². The van der Waals surface area contributed by atoms with Gasteiger partial charge < -0.3 is 11.1 Å². The van der Waals surface area contributed by atoms with E-state index < -0.39 is 0 Å². The van der Waals surface area contributed by atoms with Crippen molar-refractivity contribution in [2.45, 2.75) is 26.2 Å². The second kappa shape index (κ2) is 5.38. The fraction of sp³-hybridized carbons (Fsp3) is 0.308. The van der Waals surface area contributed by atoms with Gasteiger partial charge in [-0.25, -0.2) is 0 Å². The van der Waals surface area contributed by atoms with E-state index in [9.17, 15) is 4.79 Å². The fourth-order valence-corrected chi connectivity index (χ4v) is 2.53. The Labute approximate surface area is 126 Å². The molecule has 106 valence electrons. The van der Waals surface area contributed by atoms with Crippen LogP contribution in [0, 0.1) is 0 Å². The summed E-state index contributed by atoms with van der Waals surface area (Å²) in [4.78, 5) is 12.8. The van der Waals surface area contributed by atoms with Crippen LogP contribution in [0.4, 0.5) is 11.4 Å². The van der Waals surface area contributed by atoms with Crippen LogP contribution in [-0.4, -0.2) is 15.5 Å². The number of hydrogen-bond acceptors (Lipinski definition) is 5. The highest BCUT2D eigenvalue weighted by Crippen LogP contribution is 2.27. The molecule has 1 heterocycles. The van der Waals surface area contributed by atoms with Crippen LogP contribution in [0.5, 0.6) is 0 Å². The molecule has 0 aliphatic heterocycles. The Kier molecular flexibility index (Phi) is 3.96. The van der Waals surface area contributed by atoms with E-state index in [1.807, 2.05) is 20.8 Å². The molecule has 1 amide bonds. The summed E-state index contributed by atoms with van der Waals surface area (Å²) < 4.78 is 3.87. The van der Waals surface area contributed by atoms with E-state index in [0.717, 1.165) is 11.5 Å². The zero-order valence-electron chi connectivity index (χ0n) is 11.4. The number of benzene rings is 1. The smallest absolute Gasteiger partial charge is 0.269 e. The first-order chi connectivity index (χ1) is 9.29. The van der Waals surface area contributed by atoms with Gasteiger partial charge in [0.2, 0.25) is 0 Å². The van der Waals surface area contributed by atoms with Gasteiger partial charge in [0.15, 0.2) is 0 Å². The zero-order valence-corrected chi connectivity index (χ0v) is 13.0. The Morgan fingerprint density at radius 1 is 1.40 bits per heavy atom. The first-order valence-electron chi connectivity index (χ1n) is 5.98.